The largest absolute Gasteiger partial charge is 0.495 e. The Bertz CT molecular complexity index is 312. The highest BCUT2D eigenvalue weighted by atomic mass is 79.9. The lowest BCUT2D eigenvalue weighted by atomic mass is 10.2. The molecular formula is C8H6BrClO2. The number of carbonyl (C=O) groups is 1. The summed E-state index contributed by atoms with van der Waals surface area (Å²) in [5, 5.41) is 0.394. The van der Waals surface area contributed by atoms with Gasteiger partial charge >= 0.3 is 0 Å². The first-order valence-electron chi connectivity index (χ1n) is 3.18. The molecule has 0 aliphatic carbocycles. The van der Waals surface area contributed by atoms with Crippen LogP contribution in [0.2, 0.25) is 5.02 Å². The van der Waals surface area contributed by atoms with Crippen molar-refractivity contribution in [3.63, 3.8) is 0 Å². The molecule has 1 rings (SSSR count). The molecule has 0 aromatic heterocycles. The van der Waals surface area contributed by atoms with Crippen molar-refractivity contribution in [2.24, 2.45) is 0 Å². The predicted octanol–water partition coefficient (Wildman–Crippen LogP) is 2.92. The highest BCUT2D eigenvalue weighted by Crippen LogP contribution is 2.32. The summed E-state index contributed by atoms with van der Waals surface area (Å²) in [4.78, 5) is 10.6. The van der Waals surface area contributed by atoms with Gasteiger partial charge in [0, 0.05) is 0 Å². The number of benzene rings is 1. The van der Waals surface area contributed by atoms with E-state index in [0.717, 1.165) is 4.47 Å². The number of halogens is 2. The Kier molecular flexibility index (Phi) is 3.12. The predicted molar refractivity (Wildman–Crippen MR) is 51.1 cm³/mol. The minimum Gasteiger partial charge on any atom is -0.495 e. The first-order chi connectivity index (χ1) is 5.70. The van der Waals surface area contributed by atoms with E-state index in [1.165, 1.54) is 7.11 Å². The van der Waals surface area contributed by atoms with Crippen molar-refractivity contribution in [1.29, 1.82) is 0 Å². The van der Waals surface area contributed by atoms with Gasteiger partial charge < -0.3 is 4.74 Å². The van der Waals surface area contributed by atoms with Gasteiger partial charge in [-0.15, -0.1) is 0 Å². The van der Waals surface area contributed by atoms with Crippen molar-refractivity contribution in [3.8, 4) is 5.75 Å². The fourth-order valence-electron chi connectivity index (χ4n) is 0.866. The summed E-state index contributed by atoms with van der Waals surface area (Å²) in [6.07, 6.45) is 0.673. The molecule has 4 heteroatoms. The Hall–Kier alpha value is -0.540. The fourth-order valence-corrected chi connectivity index (χ4v) is 1.57. The minimum atomic E-state index is 0.369. The number of ether oxygens (including phenoxy) is 1. The Labute approximate surface area is 83.6 Å². The lowest BCUT2D eigenvalue weighted by Gasteiger charge is -2.06. The smallest absolute Gasteiger partial charge is 0.155 e. The Morgan fingerprint density at radius 3 is 2.67 bits per heavy atom. The van der Waals surface area contributed by atoms with Gasteiger partial charge in [-0.1, -0.05) is 11.6 Å². The summed E-state index contributed by atoms with van der Waals surface area (Å²) < 4.78 is 5.70. The third-order valence-electron chi connectivity index (χ3n) is 1.42. The van der Waals surface area contributed by atoms with Gasteiger partial charge in [0.25, 0.3) is 0 Å². The first kappa shape index (κ1) is 9.55. The zero-order valence-electron chi connectivity index (χ0n) is 6.30. The van der Waals surface area contributed by atoms with E-state index in [0.29, 0.717) is 22.6 Å². The summed E-state index contributed by atoms with van der Waals surface area (Å²) in [6.45, 7) is 0. The highest BCUT2D eigenvalue weighted by Gasteiger charge is 2.09. The molecule has 0 unspecified atom stereocenters. The maximum absolute atomic E-state index is 10.6. The average Bonchev–Trinajstić information content (AvgIpc) is 2.08. The van der Waals surface area contributed by atoms with Crippen LogP contribution in [0, 0.1) is 0 Å². The molecule has 0 saturated heterocycles. The highest BCUT2D eigenvalue weighted by molar-refractivity contribution is 9.10. The Morgan fingerprint density at radius 2 is 2.25 bits per heavy atom. The van der Waals surface area contributed by atoms with E-state index in [2.05, 4.69) is 15.9 Å². The number of aldehydes is 1. The molecule has 0 bridgehead atoms. The Morgan fingerprint density at radius 1 is 1.58 bits per heavy atom. The summed E-state index contributed by atoms with van der Waals surface area (Å²) in [5.41, 5.74) is 0.369. The van der Waals surface area contributed by atoms with Crippen LogP contribution in [0.25, 0.3) is 0 Å². The summed E-state index contributed by atoms with van der Waals surface area (Å²) >= 11 is 8.99. The van der Waals surface area contributed by atoms with Crippen molar-refractivity contribution in [1.82, 2.24) is 0 Å². The molecule has 1 aromatic carbocycles. The molecule has 0 aliphatic heterocycles. The SMILES string of the molecule is COc1c(Br)ccc(Cl)c1C=O. The molecule has 0 atom stereocenters. The van der Waals surface area contributed by atoms with Crippen LogP contribution in [-0.4, -0.2) is 13.4 Å². The molecule has 0 saturated carbocycles. The molecule has 0 aliphatic rings. The normalized spacial score (nSPS) is 9.58. The van der Waals surface area contributed by atoms with Crippen LogP contribution in [0.3, 0.4) is 0 Å². The molecule has 0 amide bonds. The monoisotopic (exact) mass is 248 g/mol. The fraction of sp³-hybridized carbons (Fsp3) is 0.125. The van der Waals surface area contributed by atoms with Crippen LogP contribution >= 0.6 is 27.5 Å². The van der Waals surface area contributed by atoms with E-state index >= 15 is 0 Å². The van der Waals surface area contributed by atoms with Crippen LogP contribution in [0.1, 0.15) is 10.4 Å². The molecule has 1 aromatic rings. The van der Waals surface area contributed by atoms with Crippen molar-refractivity contribution < 1.29 is 9.53 Å². The molecular weight excluding hydrogens is 243 g/mol. The van der Waals surface area contributed by atoms with Crippen LogP contribution in [-0.2, 0) is 0 Å². The number of rotatable bonds is 2. The summed E-state index contributed by atoms with van der Waals surface area (Å²) in [6, 6.07) is 3.37. The van der Waals surface area contributed by atoms with E-state index in [4.69, 9.17) is 16.3 Å². The van der Waals surface area contributed by atoms with Gasteiger partial charge in [0.2, 0.25) is 0 Å². The van der Waals surface area contributed by atoms with Crippen molar-refractivity contribution >= 4 is 33.8 Å². The molecule has 0 radical (unpaired) electrons. The van der Waals surface area contributed by atoms with E-state index in [1.807, 2.05) is 0 Å². The average molecular weight is 249 g/mol. The number of methoxy groups -OCH3 is 1. The van der Waals surface area contributed by atoms with E-state index in [1.54, 1.807) is 12.1 Å². The molecule has 0 spiro atoms. The van der Waals surface area contributed by atoms with Gasteiger partial charge in [0.05, 0.1) is 22.2 Å². The quantitative estimate of drug-likeness (QED) is 0.753. The second-order valence-corrected chi connectivity index (χ2v) is 3.36. The van der Waals surface area contributed by atoms with Gasteiger partial charge in [-0.3, -0.25) is 4.79 Å². The first-order valence-corrected chi connectivity index (χ1v) is 4.35. The third kappa shape index (κ3) is 1.62. The molecule has 64 valence electrons. The summed E-state index contributed by atoms with van der Waals surface area (Å²) in [7, 11) is 1.49. The molecule has 0 fully saturated rings. The van der Waals surface area contributed by atoms with E-state index in [-0.39, 0.29) is 0 Å². The van der Waals surface area contributed by atoms with Gasteiger partial charge in [0.15, 0.2) is 6.29 Å². The van der Waals surface area contributed by atoms with Crippen molar-refractivity contribution in [2.45, 2.75) is 0 Å². The van der Waals surface area contributed by atoms with Gasteiger partial charge in [-0.05, 0) is 28.1 Å². The molecule has 2 nitrogen and oxygen atoms in total. The van der Waals surface area contributed by atoms with Crippen LogP contribution in [0.5, 0.6) is 5.75 Å². The zero-order valence-corrected chi connectivity index (χ0v) is 8.65. The van der Waals surface area contributed by atoms with Crippen LogP contribution < -0.4 is 4.74 Å². The Balaban J connectivity index is 3.38. The van der Waals surface area contributed by atoms with Crippen molar-refractivity contribution in [3.05, 3.63) is 27.2 Å². The molecule has 0 heterocycles. The molecule has 0 N–H and O–H groups in total. The van der Waals surface area contributed by atoms with Gasteiger partial charge in [-0.25, -0.2) is 0 Å². The zero-order chi connectivity index (χ0) is 9.14. The minimum absolute atomic E-state index is 0.369. The van der Waals surface area contributed by atoms with Crippen LogP contribution in [0.15, 0.2) is 16.6 Å². The standard InChI is InChI=1S/C8H6BrClO2/c1-12-8-5(4-11)7(10)3-2-6(8)9/h2-4H,1H3. The van der Waals surface area contributed by atoms with E-state index in [9.17, 15) is 4.79 Å². The topological polar surface area (TPSA) is 26.3 Å². The van der Waals surface area contributed by atoms with E-state index < -0.39 is 0 Å². The maximum atomic E-state index is 10.6. The van der Waals surface area contributed by atoms with Crippen LogP contribution in [0.4, 0.5) is 0 Å². The van der Waals surface area contributed by atoms with Gasteiger partial charge in [-0.2, -0.15) is 0 Å². The molecule has 12 heavy (non-hydrogen) atoms. The lowest BCUT2D eigenvalue weighted by Crippen LogP contribution is -1.92. The number of carbonyl (C=O) groups excluding carboxylic acids is 1. The van der Waals surface area contributed by atoms with Crippen molar-refractivity contribution in [2.75, 3.05) is 7.11 Å². The second kappa shape index (κ2) is 3.92. The number of hydrogen-bond donors (Lipinski definition) is 0. The second-order valence-electron chi connectivity index (χ2n) is 2.09. The summed E-state index contributed by atoms with van der Waals surface area (Å²) in [5.74, 6) is 0.470. The maximum Gasteiger partial charge on any atom is 0.155 e. The third-order valence-corrected chi connectivity index (χ3v) is 2.37. The lowest BCUT2D eigenvalue weighted by molar-refractivity contribution is 0.112. The van der Waals surface area contributed by atoms with Gasteiger partial charge in [0.1, 0.15) is 5.75 Å². The number of hydrogen-bond acceptors (Lipinski definition) is 2.